The van der Waals surface area contributed by atoms with E-state index in [1.165, 1.54) is 0 Å². The molecule has 0 atom stereocenters. The molecular weight excluding hydrogens is 442 g/mol. The van der Waals surface area contributed by atoms with Gasteiger partial charge in [0.2, 0.25) is 0 Å². The van der Waals surface area contributed by atoms with Crippen molar-refractivity contribution in [2.24, 2.45) is 0 Å². The molecule has 0 aliphatic rings. The van der Waals surface area contributed by atoms with E-state index < -0.39 is 5.91 Å². The maximum atomic E-state index is 12.8. The molecule has 0 heterocycles. The summed E-state index contributed by atoms with van der Waals surface area (Å²) in [4.78, 5) is 25.4. The van der Waals surface area contributed by atoms with Crippen molar-refractivity contribution in [1.29, 1.82) is 0 Å². The van der Waals surface area contributed by atoms with Crippen molar-refractivity contribution in [2.45, 2.75) is 0 Å². The molecular formula is C24H20BrN3O2. The topological polar surface area (TPSA) is 70.2 Å². The number of benzene rings is 3. The van der Waals surface area contributed by atoms with Gasteiger partial charge in [0.05, 0.1) is 5.70 Å². The second-order valence-electron chi connectivity index (χ2n) is 6.36. The Morgan fingerprint density at radius 1 is 0.800 bits per heavy atom. The van der Waals surface area contributed by atoms with Crippen LogP contribution in [-0.2, 0) is 4.79 Å². The summed E-state index contributed by atoms with van der Waals surface area (Å²) in [5.74, 6) is -0.877. The van der Waals surface area contributed by atoms with Gasteiger partial charge in [-0.1, -0.05) is 83.2 Å². The molecule has 2 amide bonds. The van der Waals surface area contributed by atoms with E-state index in [2.05, 4.69) is 38.7 Å². The van der Waals surface area contributed by atoms with Crippen LogP contribution in [0.1, 0.15) is 21.5 Å². The molecule has 30 heavy (non-hydrogen) atoms. The van der Waals surface area contributed by atoms with Crippen LogP contribution in [0, 0.1) is 0 Å². The van der Waals surface area contributed by atoms with Gasteiger partial charge in [0.1, 0.15) is 5.70 Å². The normalized spacial score (nSPS) is 10.8. The van der Waals surface area contributed by atoms with Gasteiger partial charge in [-0.3, -0.25) is 20.4 Å². The summed E-state index contributed by atoms with van der Waals surface area (Å²) in [6.07, 6.45) is 1.61. The molecule has 0 fully saturated rings. The molecule has 0 aromatic heterocycles. The first-order valence-corrected chi connectivity index (χ1v) is 9.96. The number of amides is 2. The van der Waals surface area contributed by atoms with Gasteiger partial charge in [-0.2, -0.15) is 0 Å². The number of carbonyl (C=O) groups is 2. The second-order valence-corrected chi connectivity index (χ2v) is 7.27. The lowest BCUT2D eigenvalue weighted by Crippen LogP contribution is -2.41. The van der Waals surface area contributed by atoms with Crippen molar-refractivity contribution < 1.29 is 9.59 Å². The highest BCUT2D eigenvalue weighted by atomic mass is 79.9. The van der Waals surface area contributed by atoms with E-state index in [9.17, 15) is 9.59 Å². The molecule has 0 saturated carbocycles. The second kappa shape index (κ2) is 10.2. The monoisotopic (exact) mass is 461 g/mol. The van der Waals surface area contributed by atoms with Crippen molar-refractivity contribution in [2.75, 3.05) is 0 Å². The standard InChI is InChI=1S/C24H20BrN3O2/c1-17(20-13-8-14-21(25)16-20)27-28-24(30)22(15-18-9-4-2-5-10-18)26-23(29)19-11-6-3-7-12-19/h2-16,27H,1H2,(H,26,29)(H,28,30). The van der Waals surface area contributed by atoms with Crippen molar-refractivity contribution >= 4 is 39.5 Å². The number of rotatable bonds is 7. The van der Waals surface area contributed by atoms with Crippen LogP contribution in [0.25, 0.3) is 11.8 Å². The van der Waals surface area contributed by atoms with Crippen LogP contribution in [0.5, 0.6) is 0 Å². The van der Waals surface area contributed by atoms with Gasteiger partial charge in [0, 0.05) is 10.0 Å². The largest absolute Gasteiger partial charge is 0.317 e. The minimum Gasteiger partial charge on any atom is -0.317 e. The third kappa shape index (κ3) is 5.93. The molecule has 0 spiro atoms. The Hall–Kier alpha value is -3.64. The lowest BCUT2D eigenvalue weighted by molar-refractivity contribution is -0.118. The summed E-state index contributed by atoms with van der Waals surface area (Å²) in [7, 11) is 0. The fraction of sp³-hybridized carbons (Fsp3) is 0. The third-order valence-corrected chi connectivity index (χ3v) is 4.63. The summed E-state index contributed by atoms with van der Waals surface area (Å²) >= 11 is 3.41. The summed E-state index contributed by atoms with van der Waals surface area (Å²) < 4.78 is 0.897. The SMILES string of the molecule is C=C(NNC(=O)C(=Cc1ccccc1)NC(=O)c1ccccc1)c1cccc(Br)c1. The maximum absolute atomic E-state index is 12.8. The molecule has 6 heteroatoms. The third-order valence-electron chi connectivity index (χ3n) is 4.14. The van der Waals surface area contributed by atoms with Gasteiger partial charge < -0.3 is 5.32 Å². The number of hydrogen-bond donors (Lipinski definition) is 3. The molecule has 0 bridgehead atoms. The van der Waals surface area contributed by atoms with E-state index in [4.69, 9.17) is 0 Å². The molecule has 5 nitrogen and oxygen atoms in total. The lowest BCUT2D eigenvalue weighted by atomic mass is 10.1. The van der Waals surface area contributed by atoms with Gasteiger partial charge in [0.25, 0.3) is 11.8 Å². The lowest BCUT2D eigenvalue weighted by Gasteiger charge is -2.14. The van der Waals surface area contributed by atoms with E-state index in [1.54, 1.807) is 30.3 Å². The Morgan fingerprint density at radius 3 is 2.10 bits per heavy atom. The molecule has 0 radical (unpaired) electrons. The summed E-state index contributed by atoms with van der Waals surface area (Å²) in [6, 6.07) is 25.5. The number of hydrazine groups is 1. The zero-order valence-electron chi connectivity index (χ0n) is 16.1. The first-order valence-electron chi connectivity index (χ1n) is 9.17. The number of halogens is 1. The molecule has 0 unspecified atom stereocenters. The predicted molar refractivity (Wildman–Crippen MR) is 123 cm³/mol. The minimum absolute atomic E-state index is 0.101. The Bertz CT molecular complexity index is 1080. The maximum Gasteiger partial charge on any atom is 0.286 e. The zero-order valence-corrected chi connectivity index (χ0v) is 17.6. The highest BCUT2D eigenvalue weighted by Gasteiger charge is 2.15. The van der Waals surface area contributed by atoms with Crippen LogP contribution in [0.2, 0.25) is 0 Å². The Kier molecular flexibility index (Phi) is 7.19. The van der Waals surface area contributed by atoms with Gasteiger partial charge in [-0.25, -0.2) is 0 Å². The van der Waals surface area contributed by atoms with E-state index >= 15 is 0 Å². The van der Waals surface area contributed by atoms with E-state index in [-0.39, 0.29) is 11.6 Å². The first-order chi connectivity index (χ1) is 14.5. The number of nitrogens with one attached hydrogen (secondary N) is 3. The van der Waals surface area contributed by atoms with Crippen LogP contribution in [0.15, 0.2) is 102 Å². The van der Waals surface area contributed by atoms with E-state index in [0.717, 1.165) is 15.6 Å². The summed E-state index contributed by atoms with van der Waals surface area (Å²) in [5, 5.41) is 2.69. The van der Waals surface area contributed by atoms with Crippen molar-refractivity contribution in [3.05, 3.63) is 118 Å². The van der Waals surface area contributed by atoms with Crippen LogP contribution < -0.4 is 16.2 Å². The van der Waals surface area contributed by atoms with Gasteiger partial charge in [-0.15, -0.1) is 0 Å². The first kappa shape index (κ1) is 21.1. The Labute approximate surface area is 183 Å². The highest BCUT2D eigenvalue weighted by Crippen LogP contribution is 2.16. The highest BCUT2D eigenvalue weighted by molar-refractivity contribution is 9.10. The van der Waals surface area contributed by atoms with Gasteiger partial charge in [0.15, 0.2) is 0 Å². The van der Waals surface area contributed by atoms with Gasteiger partial charge in [-0.05, 0) is 41.5 Å². The zero-order chi connectivity index (χ0) is 21.3. The van der Waals surface area contributed by atoms with E-state index in [1.807, 2.05) is 60.7 Å². The molecule has 3 aromatic carbocycles. The molecule has 150 valence electrons. The fourth-order valence-electron chi connectivity index (χ4n) is 2.61. The van der Waals surface area contributed by atoms with Crippen LogP contribution in [-0.4, -0.2) is 11.8 Å². The molecule has 3 rings (SSSR count). The number of hydrogen-bond acceptors (Lipinski definition) is 3. The summed E-state index contributed by atoms with van der Waals surface area (Å²) in [5.41, 5.74) is 8.05. The van der Waals surface area contributed by atoms with Crippen LogP contribution in [0.4, 0.5) is 0 Å². The molecule has 0 aliphatic carbocycles. The van der Waals surface area contributed by atoms with E-state index in [0.29, 0.717) is 11.3 Å². The molecule has 0 aliphatic heterocycles. The van der Waals surface area contributed by atoms with Gasteiger partial charge >= 0.3 is 0 Å². The Balaban J connectivity index is 1.75. The molecule has 3 N–H and O–H groups in total. The van der Waals surface area contributed by atoms with Crippen molar-refractivity contribution in [3.8, 4) is 0 Å². The Morgan fingerprint density at radius 2 is 1.43 bits per heavy atom. The fourth-order valence-corrected chi connectivity index (χ4v) is 3.01. The average molecular weight is 462 g/mol. The average Bonchev–Trinajstić information content (AvgIpc) is 2.78. The van der Waals surface area contributed by atoms with Crippen LogP contribution in [0.3, 0.4) is 0 Å². The van der Waals surface area contributed by atoms with Crippen LogP contribution >= 0.6 is 15.9 Å². The predicted octanol–water partition coefficient (Wildman–Crippen LogP) is 4.51. The summed E-state index contributed by atoms with van der Waals surface area (Å²) in [6.45, 7) is 3.94. The van der Waals surface area contributed by atoms with Crippen molar-refractivity contribution in [3.63, 3.8) is 0 Å². The van der Waals surface area contributed by atoms with Crippen molar-refractivity contribution in [1.82, 2.24) is 16.2 Å². The molecule has 0 saturated heterocycles. The quantitative estimate of drug-likeness (QED) is 0.358. The molecule has 3 aromatic rings. The number of carbonyl (C=O) groups excluding carboxylic acids is 2. The minimum atomic E-state index is -0.501. The smallest absolute Gasteiger partial charge is 0.286 e.